The van der Waals surface area contributed by atoms with Crippen molar-refractivity contribution in [2.24, 2.45) is 0 Å². The molecular formula is C35H39ClFN7O5. The molecule has 3 amide bonds. The van der Waals surface area contributed by atoms with Gasteiger partial charge in [-0.05, 0) is 80.9 Å². The number of anilines is 2. The van der Waals surface area contributed by atoms with Crippen LogP contribution in [0.5, 0.6) is 11.5 Å². The van der Waals surface area contributed by atoms with Gasteiger partial charge in [0.25, 0.3) is 5.56 Å². The average molecular weight is 692 g/mol. The minimum Gasteiger partial charge on any atom is -0.497 e. The van der Waals surface area contributed by atoms with Crippen LogP contribution in [0.1, 0.15) is 38.1 Å². The zero-order chi connectivity index (χ0) is 34.7. The maximum Gasteiger partial charge on any atom is 0.327 e. The average Bonchev–Trinajstić information content (AvgIpc) is 3.62. The molecule has 0 saturated carbocycles. The van der Waals surface area contributed by atoms with Gasteiger partial charge in [-0.15, -0.1) is 0 Å². The monoisotopic (exact) mass is 691 g/mol. The van der Waals surface area contributed by atoms with Gasteiger partial charge in [-0.2, -0.15) is 0 Å². The molecule has 2 atom stereocenters. The number of rotatable bonds is 9. The molecular weight excluding hydrogens is 653 g/mol. The Hall–Kier alpha value is -4.88. The number of methoxy groups -OCH3 is 2. The predicted octanol–water partition coefficient (Wildman–Crippen LogP) is 4.93. The van der Waals surface area contributed by atoms with Gasteiger partial charge in [0.05, 0.1) is 49.9 Å². The smallest absolute Gasteiger partial charge is 0.327 e. The highest BCUT2D eigenvalue weighted by Gasteiger charge is 2.33. The second-order valence-electron chi connectivity index (χ2n) is 12.1. The number of aromatic nitrogens is 2. The third-order valence-electron chi connectivity index (χ3n) is 9.03. The molecule has 3 heterocycles. The Morgan fingerprint density at radius 3 is 2.49 bits per heavy atom. The van der Waals surface area contributed by atoms with Crippen molar-refractivity contribution in [3.05, 3.63) is 87.7 Å². The first-order valence-electron chi connectivity index (χ1n) is 16.2. The van der Waals surface area contributed by atoms with Crippen molar-refractivity contribution in [3.8, 4) is 11.5 Å². The number of nitrogens with one attached hydrogen (secondary N) is 2. The Kier molecular flexibility index (Phi) is 10.2. The van der Waals surface area contributed by atoms with E-state index in [1.54, 1.807) is 43.3 Å². The van der Waals surface area contributed by atoms with E-state index >= 15 is 0 Å². The molecule has 2 fully saturated rings. The van der Waals surface area contributed by atoms with E-state index in [1.165, 1.54) is 48.1 Å². The number of piperazine rings is 1. The van der Waals surface area contributed by atoms with E-state index in [1.807, 2.05) is 9.91 Å². The van der Waals surface area contributed by atoms with Gasteiger partial charge in [0.1, 0.15) is 17.3 Å². The standard InChI is InChI=1S/C35H39ClFN7O5/c1-22(43(30-13-11-27(48-2)21-31(30)49-3)35(47)39-25-9-7-24(37)8-10-25)33-40-29-12-6-23(36)19-28(29)34(46)44(33)42-17-15-41(16-18-42)32(45)20-26-5-4-14-38-26/h6-13,19,21-22,26,38H,4-5,14-18,20H2,1-3H3,(H,39,47). The Morgan fingerprint density at radius 1 is 1.06 bits per heavy atom. The van der Waals surface area contributed by atoms with E-state index in [9.17, 15) is 18.8 Å². The lowest BCUT2D eigenvalue weighted by Gasteiger charge is -2.39. The molecule has 3 aromatic carbocycles. The van der Waals surface area contributed by atoms with Crippen LogP contribution in [0.4, 0.5) is 20.6 Å². The van der Waals surface area contributed by atoms with Crippen molar-refractivity contribution in [2.75, 3.05) is 62.2 Å². The molecule has 12 nitrogen and oxygen atoms in total. The third kappa shape index (κ3) is 7.27. The quantitative estimate of drug-likeness (QED) is 0.254. The molecule has 2 saturated heterocycles. The number of urea groups is 1. The van der Waals surface area contributed by atoms with Crippen LogP contribution >= 0.6 is 11.6 Å². The van der Waals surface area contributed by atoms with Crippen LogP contribution in [-0.4, -0.2) is 79.5 Å². The Labute approximate surface area is 288 Å². The molecule has 6 rings (SSSR count). The van der Waals surface area contributed by atoms with Crippen LogP contribution in [0, 0.1) is 5.82 Å². The summed E-state index contributed by atoms with van der Waals surface area (Å²) in [5, 5.41) is 8.79. The molecule has 14 heteroatoms. The summed E-state index contributed by atoms with van der Waals surface area (Å²) in [5.74, 6) is 0.772. The third-order valence-corrected chi connectivity index (χ3v) is 9.27. The lowest BCUT2D eigenvalue weighted by atomic mass is 10.1. The largest absolute Gasteiger partial charge is 0.497 e. The number of nitrogens with zero attached hydrogens (tertiary/aromatic N) is 5. The second-order valence-corrected chi connectivity index (χ2v) is 12.5. The maximum atomic E-state index is 14.3. The number of hydrogen-bond donors (Lipinski definition) is 2. The Balaban J connectivity index is 1.41. The number of carbonyl (C=O) groups is 2. The number of hydrogen-bond acceptors (Lipinski definition) is 8. The molecule has 2 aliphatic rings. The molecule has 2 unspecified atom stereocenters. The first-order valence-corrected chi connectivity index (χ1v) is 16.6. The normalized spacial score (nSPS) is 16.8. The highest BCUT2D eigenvalue weighted by molar-refractivity contribution is 6.31. The highest BCUT2D eigenvalue weighted by Crippen LogP contribution is 2.37. The van der Waals surface area contributed by atoms with Crippen LogP contribution in [0.25, 0.3) is 10.9 Å². The fourth-order valence-electron chi connectivity index (χ4n) is 6.44. The lowest BCUT2D eigenvalue weighted by molar-refractivity contribution is -0.132. The summed E-state index contributed by atoms with van der Waals surface area (Å²) in [5.41, 5.74) is 0.794. The molecule has 0 radical (unpaired) electrons. The van der Waals surface area contributed by atoms with Gasteiger partial charge in [-0.1, -0.05) is 11.6 Å². The zero-order valence-corrected chi connectivity index (χ0v) is 28.4. The number of ether oxygens (including phenoxy) is 2. The van der Waals surface area contributed by atoms with E-state index in [4.69, 9.17) is 26.1 Å². The number of halogens is 2. The van der Waals surface area contributed by atoms with Crippen molar-refractivity contribution in [1.82, 2.24) is 19.9 Å². The van der Waals surface area contributed by atoms with Crippen molar-refractivity contribution < 1.29 is 23.5 Å². The number of fused-ring (bicyclic) bond motifs is 1. The van der Waals surface area contributed by atoms with Crippen LogP contribution in [-0.2, 0) is 4.79 Å². The summed E-state index contributed by atoms with van der Waals surface area (Å²) in [4.78, 5) is 49.9. The van der Waals surface area contributed by atoms with Gasteiger partial charge < -0.3 is 30.0 Å². The molecule has 2 aliphatic heterocycles. The number of carbonyl (C=O) groups excluding carboxylic acids is 2. The summed E-state index contributed by atoms with van der Waals surface area (Å²) < 4.78 is 26.3. The zero-order valence-electron chi connectivity index (χ0n) is 27.6. The van der Waals surface area contributed by atoms with Crippen molar-refractivity contribution >= 4 is 45.8 Å². The first-order chi connectivity index (χ1) is 23.7. The molecule has 2 N–H and O–H groups in total. The minimum absolute atomic E-state index is 0.0821. The van der Waals surface area contributed by atoms with Gasteiger partial charge in [0.15, 0.2) is 5.82 Å². The lowest BCUT2D eigenvalue weighted by Crippen LogP contribution is -2.57. The molecule has 49 heavy (non-hydrogen) atoms. The maximum absolute atomic E-state index is 14.3. The van der Waals surface area contributed by atoms with Gasteiger partial charge in [-0.3, -0.25) is 14.5 Å². The molecule has 0 spiro atoms. The Bertz CT molecular complexity index is 1890. The molecule has 4 aromatic rings. The number of amides is 3. The van der Waals surface area contributed by atoms with Gasteiger partial charge in [0, 0.05) is 42.3 Å². The molecule has 1 aromatic heterocycles. The van der Waals surface area contributed by atoms with Crippen molar-refractivity contribution in [1.29, 1.82) is 0 Å². The summed E-state index contributed by atoms with van der Waals surface area (Å²) >= 11 is 6.32. The van der Waals surface area contributed by atoms with Crippen molar-refractivity contribution in [2.45, 2.75) is 38.3 Å². The fraction of sp³-hybridized carbons (Fsp3) is 0.371. The Morgan fingerprint density at radius 2 is 1.82 bits per heavy atom. The van der Waals surface area contributed by atoms with Crippen molar-refractivity contribution in [3.63, 3.8) is 0 Å². The molecule has 258 valence electrons. The van der Waals surface area contributed by atoms with E-state index in [2.05, 4.69) is 10.6 Å². The van der Waals surface area contributed by atoms with Crippen LogP contribution in [0.2, 0.25) is 5.02 Å². The minimum atomic E-state index is -0.858. The number of benzene rings is 3. The van der Waals surface area contributed by atoms with E-state index < -0.39 is 17.9 Å². The molecule has 0 bridgehead atoms. The summed E-state index contributed by atoms with van der Waals surface area (Å²) in [6.45, 7) is 4.26. The second kappa shape index (κ2) is 14.7. The van der Waals surface area contributed by atoms with Gasteiger partial charge >= 0.3 is 6.03 Å². The highest BCUT2D eigenvalue weighted by atomic mass is 35.5. The summed E-state index contributed by atoms with van der Waals surface area (Å²) in [6, 6.07) is 14.1. The van der Waals surface area contributed by atoms with E-state index in [0.717, 1.165) is 19.4 Å². The van der Waals surface area contributed by atoms with E-state index in [0.29, 0.717) is 71.4 Å². The van der Waals surface area contributed by atoms with Crippen LogP contribution in [0.15, 0.2) is 65.5 Å². The van der Waals surface area contributed by atoms with Crippen LogP contribution < -0.4 is 35.6 Å². The molecule has 0 aliphatic carbocycles. The predicted molar refractivity (Wildman–Crippen MR) is 187 cm³/mol. The van der Waals surface area contributed by atoms with Crippen LogP contribution in [0.3, 0.4) is 0 Å². The first kappa shape index (κ1) is 34.0. The summed E-state index contributed by atoms with van der Waals surface area (Å²) in [6.07, 6.45) is 2.49. The van der Waals surface area contributed by atoms with E-state index in [-0.39, 0.29) is 23.3 Å². The topological polar surface area (TPSA) is 121 Å². The summed E-state index contributed by atoms with van der Waals surface area (Å²) in [7, 11) is 3.01. The van der Waals surface area contributed by atoms with Gasteiger partial charge in [0.2, 0.25) is 5.91 Å². The fourth-order valence-corrected chi connectivity index (χ4v) is 6.61. The SMILES string of the molecule is COc1ccc(N(C(=O)Nc2ccc(F)cc2)C(C)c2nc3ccc(Cl)cc3c(=O)n2N2CCN(C(=O)CC3CCCN3)CC2)c(OC)c1. The van der Waals surface area contributed by atoms with Gasteiger partial charge in [-0.25, -0.2) is 18.8 Å².